The lowest BCUT2D eigenvalue weighted by Gasteiger charge is -2.12. The van der Waals surface area contributed by atoms with Crippen molar-refractivity contribution in [2.45, 2.75) is 13.0 Å². The Balaban J connectivity index is 1.56. The fourth-order valence-electron chi connectivity index (χ4n) is 2.51. The zero-order valence-corrected chi connectivity index (χ0v) is 15.8. The molecule has 142 valence electrons. The van der Waals surface area contributed by atoms with E-state index in [0.717, 1.165) is 5.56 Å². The summed E-state index contributed by atoms with van der Waals surface area (Å²) in [4.78, 5) is 24.3. The molecule has 5 nitrogen and oxygen atoms in total. The van der Waals surface area contributed by atoms with Crippen molar-refractivity contribution in [3.05, 3.63) is 89.4 Å². The molecule has 0 saturated carbocycles. The Morgan fingerprint density at radius 1 is 0.821 bits per heavy atom. The van der Waals surface area contributed by atoms with Gasteiger partial charge in [-0.3, -0.25) is 9.59 Å². The average Bonchev–Trinajstić information content (AvgIpc) is 2.69. The fraction of sp³-hybridized carbons (Fsp3) is 0.0909. The summed E-state index contributed by atoms with van der Waals surface area (Å²) in [7, 11) is 0. The molecule has 6 heteroatoms. The van der Waals surface area contributed by atoms with Crippen LogP contribution in [0, 0.1) is 0 Å². The van der Waals surface area contributed by atoms with Crippen molar-refractivity contribution in [2.24, 2.45) is 0 Å². The Bertz CT molecular complexity index is 961. The maximum atomic E-state index is 12.3. The number of rotatable bonds is 7. The number of para-hydroxylation sites is 3. The molecule has 28 heavy (non-hydrogen) atoms. The minimum absolute atomic E-state index is 0.263. The lowest BCUT2D eigenvalue weighted by Crippen LogP contribution is -2.27. The smallest absolute Gasteiger partial charge is 0.233 e. The van der Waals surface area contributed by atoms with Gasteiger partial charge in [-0.05, 0) is 35.9 Å². The maximum Gasteiger partial charge on any atom is 0.233 e. The Morgan fingerprint density at radius 3 is 2.29 bits per heavy atom. The van der Waals surface area contributed by atoms with E-state index in [1.165, 1.54) is 0 Å². The zero-order valence-electron chi connectivity index (χ0n) is 15.0. The predicted octanol–water partition coefficient (Wildman–Crippen LogP) is 4.78. The van der Waals surface area contributed by atoms with Crippen LogP contribution in [-0.2, 0) is 16.1 Å². The molecule has 0 spiro atoms. The Morgan fingerprint density at radius 2 is 1.50 bits per heavy atom. The number of amides is 2. The number of carbonyl (C=O) groups is 2. The molecule has 0 aromatic heterocycles. The number of carbonyl (C=O) groups excluding carboxylic acids is 2. The van der Waals surface area contributed by atoms with Crippen LogP contribution in [0.25, 0.3) is 0 Å². The lowest BCUT2D eigenvalue weighted by atomic mass is 10.2. The van der Waals surface area contributed by atoms with Gasteiger partial charge in [0.2, 0.25) is 11.8 Å². The van der Waals surface area contributed by atoms with Crippen molar-refractivity contribution >= 4 is 29.1 Å². The molecule has 2 amide bonds. The van der Waals surface area contributed by atoms with Gasteiger partial charge in [-0.15, -0.1) is 0 Å². The van der Waals surface area contributed by atoms with Crippen LogP contribution in [0.2, 0.25) is 5.02 Å². The van der Waals surface area contributed by atoms with Gasteiger partial charge in [0.1, 0.15) is 12.2 Å². The Kier molecular flexibility index (Phi) is 6.65. The molecule has 0 saturated heterocycles. The summed E-state index contributed by atoms with van der Waals surface area (Å²) in [5.74, 6) is 0.333. The predicted molar refractivity (Wildman–Crippen MR) is 110 cm³/mol. The minimum atomic E-state index is -0.430. The van der Waals surface area contributed by atoms with Crippen LogP contribution in [0.4, 0.5) is 5.69 Å². The average molecular weight is 395 g/mol. The van der Waals surface area contributed by atoms with Gasteiger partial charge in [0, 0.05) is 11.6 Å². The van der Waals surface area contributed by atoms with E-state index in [4.69, 9.17) is 16.3 Å². The van der Waals surface area contributed by atoms with Gasteiger partial charge >= 0.3 is 0 Å². The van der Waals surface area contributed by atoms with Gasteiger partial charge in [0.05, 0.1) is 5.69 Å². The second kappa shape index (κ2) is 9.58. The van der Waals surface area contributed by atoms with E-state index in [1.54, 1.807) is 24.3 Å². The summed E-state index contributed by atoms with van der Waals surface area (Å²) < 4.78 is 5.80. The number of nitrogens with one attached hydrogen (secondary N) is 2. The molecule has 2 N–H and O–H groups in total. The maximum absolute atomic E-state index is 12.3. The van der Waals surface area contributed by atoms with E-state index in [2.05, 4.69) is 10.6 Å². The minimum Gasteiger partial charge on any atom is -0.455 e. The van der Waals surface area contributed by atoms with E-state index in [1.807, 2.05) is 54.6 Å². The topological polar surface area (TPSA) is 67.4 Å². The molecule has 3 aromatic carbocycles. The van der Waals surface area contributed by atoms with Crippen molar-refractivity contribution in [1.82, 2.24) is 5.32 Å². The first kappa shape index (κ1) is 19.5. The van der Waals surface area contributed by atoms with Crippen molar-refractivity contribution in [3.63, 3.8) is 0 Å². The van der Waals surface area contributed by atoms with Gasteiger partial charge in [-0.2, -0.15) is 0 Å². The summed E-state index contributed by atoms with van der Waals surface area (Å²) in [6, 6.07) is 23.5. The highest BCUT2D eigenvalue weighted by molar-refractivity contribution is 6.31. The highest BCUT2D eigenvalue weighted by atomic mass is 35.5. The molecular weight excluding hydrogens is 376 g/mol. The van der Waals surface area contributed by atoms with Crippen LogP contribution in [-0.4, -0.2) is 11.8 Å². The lowest BCUT2D eigenvalue weighted by molar-refractivity contribution is -0.126. The summed E-state index contributed by atoms with van der Waals surface area (Å²) >= 11 is 6.06. The molecule has 3 rings (SSSR count). The van der Waals surface area contributed by atoms with E-state index >= 15 is 0 Å². The third-order valence-electron chi connectivity index (χ3n) is 3.89. The number of ether oxygens (including phenoxy) is 1. The van der Waals surface area contributed by atoms with Gasteiger partial charge in [-0.1, -0.05) is 60.1 Å². The molecule has 0 radical (unpaired) electrons. The monoisotopic (exact) mass is 394 g/mol. The third kappa shape index (κ3) is 5.59. The number of hydrogen-bond donors (Lipinski definition) is 2. The molecule has 3 aromatic rings. The summed E-state index contributed by atoms with van der Waals surface area (Å²) in [6.07, 6.45) is -0.301. The first-order chi connectivity index (χ1) is 13.6. The van der Waals surface area contributed by atoms with E-state index in [9.17, 15) is 9.59 Å². The Labute approximate surface area is 168 Å². The van der Waals surface area contributed by atoms with E-state index < -0.39 is 5.91 Å². The van der Waals surface area contributed by atoms with Crippen molar-refractivity contribution in [3.8, 4) is 11.5 Å². The van der Waals surface area contributed by atoms with Crippen molar-refractivity contribution < 1.29 is 14.3 Å². The number of halogens is 1. The second-order valence-electron chi connectivity index (χ2n) is 6.00. The number of benzene rings is 3. The standard InChI is InChI=1S/C22H19ClN2O3/c23-18-11-5-4-8-16(18)15-24-21(26)14-22(27)25-19-12-6-7-13-20(19)28-17-9-2-1-3-10-17/h1-13H,14-15H2,(H,24,26)(H,25,27). The zero-order chi connectivity index (χ0) is 19.8. The molecule has 0 atom stereocenters. The summed E-state index contributed by atoms with van der Waals surface area (Å²) in [5, 5.41) is 5.98. The second-order valence-corrected chi connectivity index (χ2v) is 6.41. The van der Waals surface area contributed by atoms with Crippen LogP contribution in [0.3, 0.4) is 0 Å². The van der Waals surface area contributed by atoms with Gasteiger partial charge in [0.25, 0.3) is 0 Å². The molecule has 0 unspecified atom stereocenters. The molecule has 0 aliphatic rings. The molecular formula is C22H19ClN2O3. The molecule has 0 aliphatic carbocycles. The van der Waals surface area contributed by atoms with Gasteiger partial charge < -0.3 is 15.4 Å². The quantitative estimate of drug-likeness (QED) is 0.567. The number of anilines is 1. The van der Waals surface area contributed by atoms with Crippen LogP contribution in [0.1, 0.15) is 12.0 Å². The van der Waals surface area contributed by atoms with E-state index in [0.29, 0.717) is 22.2 Å². The van der Waals surface area contributed by atoms with Gasteiger partial charge in [-0.25, -0.2) is 0 Å². The number of hydrogen-bond acceptors (Lipinski definition) is 3. The third-order valence-corrected chi connectivity index (χ3v) is 4.26. The molecule has 0 aliphatic heterocycles. The van der Waals surface area contributed by atoms with Crippen LogP contribution < -0.4 is 15.4 Å². The molecule has 0 fully saturated rings. The summed E-state index contributed by atoms with van der Waals surface area (Å²) in [6.45, 7) is 0.263. The van der Waals surface area contributed by atoms with Crippen LogP contribution in [0.15, 0.2) is 78.9 Å². The van der Waals surface area contributed by atoms with Crippen molar-refractivity contribution in [2.75, 3.05) is 5.32 Å². The van der Waals surface area contributed by atoms with Gasteiger partial charge in [0.15, 0.2) is 5.75 Å². The van der Waals surface area contributed by atoms with Crippen LogP contribution in [0.5, 0.6) is 11.5 Å². The first-order valence-corrected chi connectivity index (χ1v) is 9.11. The summed E-state index contributed by atoms with van der Waals surface area (Å²) in [5.41, 5.74) is 1.29. The largest absolute Gasteiger partial charge is 0.455 e. The Hall–Kier alpha value is -3.31. The molecule has 0 bridgehead atoms. The first-order valence-electron chi connectivity index (χ1n) is 8.74. The van der Waals surface area contributed by atoms with E-state index in [-0.39, 0.29) is 18.9 Å². The normalized spacial score (nSPS) is 10.2. The SMILES string of the molecule is O=C(CC(=O)Nc1ccccc1Oc1ccccc1)NCc1ccccc1Cl. The molecule has 0 heterocycles. The fourth-order valence-corrected chi connectivity index (χ4v) is 2.72. The highest BCUT2D eigenvalue weighted by Crippen LogP contribution is 2.29. The highest BCUT2D eigenvalue weighted by Gasteiger charge is 2.13. The van der Waals surface area contributed by atoms with Crippen molar-refractivity contribution in [1.29, 1.82) is 0 Å². The van der Waals surface area contributed by atoms with Crippen LogP contribution >= 0.6 is 11.6 Å².